The van der Waals surface area contributed by atoms with Gasteiger partial charge in [0.1, 0.15) is 0 Å². The van der Waals surface area contributed by atoms with Gasteiger partial charge in [0.15, 0.2) is 11.2 Å². The van der Waals surface area contributed by atoms with Crippen LogP contribution >= 0.6 is 0 Å². The molecule has 0 N–H and O–H groups in total. The number of fused-ring (bicyclic) bond motifs is 3. The lowest BCUT2D eigenvalue weighted by atomic mass is 10.2. The summed E-state index contributed by atoms with van der Waals surface area (Å²) >= 11 is 0. The molecule has 0 amide bonds. The number of aromatic nitrogens is 4. The molecule has 0 saturated heterocycles. The van der Waals surface area contributed by atoms with E-state index in [1.807, 2.05) is 18.4 Å². The Kier molecular flexibility index (Phi) is 3.05. The van der Waals surface area contributed by atoms with Gasteiger partial charge in [0.25, 0.3) is 5.56 Å². The number of imidazole rings is 1. The molecule has 3 rings (SSSR count). The smallest absolute Gasteiger partial charge is 0.294 e. The van der Waals surface area contributed by atoms with E-state index in [-0.39, 0.29) is 11.6 Å². The average molecular weight is 302 g/mol. The van der Waals surface area contributed by atoms with E-state index < -0.39 is 5.69 Å². The Morgan fingerprint density at radius 3 is 2.59 bits per heavy atom. The first kappa shape index (κ1) is 14.3. The van der Waals surface area contributed by atoms with Crippen LogP contribution in [0.25, 0.3) is 11.2 Å². The number of hydrogen-bond acceptors (Lipinski definition) is 5. The third kappa shape index (κ3) is 1.69. The van der Waals surface area contributed by atoms with Gasteiger partial charge in [0.2, 0.25) is 5.95 Å². The Labute approximate surface area is 126 Å². The Hall–Kier alpha value is -2.64. The second kappa shape index (κ2) is 4.69. The number of hydrazone groups is 1. The predicted molar refractivity (Wildman–Crippen MR) is 85.6 cm³/mol. The molecule has 1 atom stereocenters. The van der Waals surface area contributed by atoms with Crippen LogP contribution in [0.15, 0.2) is 27.3 Å². The molecule has 8 heteroatoms. The van der Waals surface area contributed by atoms with Gasteiger partial charge in [-0.2, -0.15) is 10.1 Å². The van der Waals surface area contributed by atoms with E-state index in [1.54, 1.807) is 18.1 Å². The van der Waals surface area contributed by atoms with Crippen molar-refractivity contribution in [3.63, 3.8) is 0 Å². The topological polar surface area (TPSA) is 77.4 Å². The maximum Gasteiger partial charge on any atom is 0.332 e. The molecule has 3 heterocycles. The fraction of sp³-hybridized carbons (Fsp3) is 0.429. The van der Waals surface area contributed by atoms with Crippen molar-refractivity contribution in [1.29, 1.82) is 0 Å². The van der Waals surface area contributed by atoms with Gasteiger partial charge in [-0.25, -0.2) is 9.80 Å². The zero-order valence-corrected chi connectivity index (χ0v) is 13.1. The van der Waals surface area contributed by atoms with E-state index in [0.29, 0.717) is 23.7 Å². The third-order valence-electron chi connectivity index (χ3n) is 4.08. The summed E-state index contributed by atoms with van der Waals surface area (Å²) in [5, 5.41) is 6.18. The first-order valence-corrected chi connectivity index (χ1v) is 7.00. The summed E-state index contributed by atoms with van der Waals surface area (Å²) in [6, 6.07) is -0.105. The molecule has 0 aromatic carbocycles. The van der Waals surface area contributed by atoms with E-state index in [1.165, 1.54) is 11.6 Å². The molecule has 2 aromatic rings. The maximum absolute atomic E-state index is 12.6. The second-order valence-electron chi connectivity index (χ2n) is 5.45. The number of hydrogen-bond donors (Lipinski definition) is 0. The lowest BCUT2D eigenvalue weighted by molar-refractivity contribution is 0.647. The molecule has 1 aliphatic heterocycles. The molecule has 22 heavy (non-hydrogen) atoms. The van der Waals surface area contributed by atoms with Gasteiger partial charge in [-0.1, -0.05) is 6.08 Å². The van der Waals surface area contributed by atoms with Crippen LogP contribution in [0.2, 0.25) is 0 Å². The Morgan fingerprint density at radius 2 is 1.95 bits per heavy atom. The van der Waals surface area contributed by atoms with Crippen LogP contribution in [-0.4, -0.2) is 30.9 Å². The molecule has 2 aromatic heterocycles. The molecule has 0 aliphatic carbocycles. The van der Waals surface area contributed by atoms with Gasteiger partial charge in [0, 0.05) is 14.1 Å². The lowest BCUT2D eigenvalue weighted by Gasteiger charge is -2.28. The van der Waals surface area contributed by atoms with Crippen molar-refractivity contribution >= 4 is 22.8 Å². The standard InChI is InChI=1S/C14H18N6O2/c1-6-7-19-13-15-11-10(20(13)9(3)8(2)16-19)12(21)18(5)14(22)17(11)4/h6,9H,1,7H2,2-5H3/t9-/m0/s1. The Bertz CT molecular complexity index is 929. The number of rotatable bonds is 2. The fourth-order valence-electron chi connectivity index (χ4n) is 2.70. The van der Waals surface area contributed by atoms with E-state index >= 15 is 0 Å². The summed E-state index contributed by atoms with van der Waals surface area (Å²) in [6.07, 6.45) is 1.72. The van der Waals surface area contributed by atoms with Gasteiger partial charge < -0.3 is 0 Å². The average Bonchev–Trinajstić information content (AvgIpc) is 2.89. The Morgan fingerprint density at radius 1 is 1.27 bits per heavy atom. The molecule has 116 valence electrons. The van der Waals surface area contributed by atoms with Crippen molar-refractivity contribution in [3.8, 4) is 0 Å². The SMILES string of the molecule is C=CCN1N=C(C)[C@H](C)n2c1nc1c2c(=O)n(C)c(=O)n1C. The van der Waals surface area contributed by atoms with Crippen LogP contribution < -0.4 is 16.3 Å². The van der Waals surface area contributed by atoms with Crippen molar-refractivity contribution in [3.05, 3.63) is 33.5 Å². The monoisotopic (exact) mass is 302 g/mol. The van der Waals surface area contributed by atoms with Crippen LogP contribution in [0.1, 0.15) is 19.9 Å². The van der Waals surface area contributed by atoms with Crippen LogP contribution in [0, 0.1) is 0 Å². The number of nitrogens with zero attached hydrogens (tertiary/aromatic N) is 6. The number of anilines is 1. The molecule has 0 spiro atoms. The van der Waals surface area contributed by atoms with Crippen LogP contribution in [0.5, 0.6) is 0 Å². The first-order chi connectivity index (χ1) is 10.4. The van der Waals surface area contributed by atoms with Crippen molar-refractivity contribution < 1.29 is 0 Å². The molecule has 0 saturated carbocycles. The molecule has 0 unspecified atom stereocenters. The summed E-state index contributed by atoms with van der Waals surface area (Å²) in [7, 11) is 3.08. The second-order valence-corrected chi connectivity index (χ2v) is 5.45. The normalized spacial score (nSPS) is 17.5. The minimum absolute atomic E-state index is 0.105. The number of aryl methyl sites for hydroxylation is 1. The first-order valence-electron chi connectivity index (χ1n) is 7.00. The highest BCUT2D eigenvalue weighted by Gasteiger charge is 2.29. The van der Waals surface area contributed by atoms with E-state index in [9.17, 15) is 9.59 Å². The van der Waals surface area contributed by atoms with E-state index in [4.69, 9.17) is 0 Å². The summed E-state index contributed by atoms with van der Waals surface area (Å²) in [5.74, 6) is 0.548. The quantitative estimate of drug-likeness (QED) is 0.751. The van der Waals surface area contributed by atoms with Crippen LogP contribution in [-0.2, 0) is 14.1 Å². The highest BCUT2D eigenvalue weighted by atomic mass is 16.2. The highest BCUT2D eigenvalue weighted by molar-refractivity contribution is 5.91. The van der Waals surface area contributed by atoms with Gasteiger partial charge in [0.05, 0.1) is 18.3 Å². The molecular weight excluding hydrogens is 284 g/mol. The van der Waals surface area contributed by atoms with Gasteiger partial charge >= 0.3 is 5.69 Å². The van der Waals surface area contributed by atoms with E-state index in [0.717, 1.165) is 10.3 Å². The summed E-state index contributed by atoms with van der Waals surface area (Å²) in [6.45, 7) is 8.06. The Balaban J connectivity index is 2.47. The molecule has 0 radical (unpaired) electrons. The lowest BCUT2D eigenvalue weighted by Crippen LogP contribution is -2.38. The van der Waals surface area contributed by atoms with Crippen LogP contribution in [0.4, 0.5) is 5.95 Å². The van der Waals surface area contributed by atoms with Crippen molar-refractivity contribution in [2.75, 3.05) is 11.6 Å². The molecule has 8 nitrogen and oxygen atoms in total. The van der Waals surface area contributed by atoms with Crippen molar-refractivity contribution in [2.24, 2.45) is 19.2 Å². The van der Waals surface area contributed by atoms with Gasteiger partial charge in [-0.3, -0.25) is 18.5 Å². The minimum atomic E-state index is -0.395. The van der Waals surface area contributed by atoms with Crippen LogP contribution in [0.3, 0.4) is 0 Å². The maximum atomic E-state index is 12.6. The minimum Gasteiger partial charge on any atom is -0.294 e. The largest absolute Gasteiger partial charge is 0.332 e. The third-order valence-corrected chi connectivity index (χ3v) is 4.08. The fourth-order valence-corrected chi connectivity index (χ4v) is 2.70. The van der Waals surface area contributed by atoms with Gasteiger partial charge in [-0.15, -0.1) is 6.58 Å². The zero-order valence-electron chi connectivity index (χ0n) is 13.1. The summed E-state index contributed by atoms with van der Waals surface area (Å²) < 4.78 is 4.32. The summed E-state index contributed by atoms with van der Waals surface area (Å²) in [5.41, 5.74) is 0.902. The van der Waals surface area contributed by atoms with Gasteiger partial charge in [-0.05, 0) is 13.8 Å². The molecule has 1 aliphatic rings. The zero-order chi connectivity index (χ0) is 16.2. The molecule has 0 bridgehead atoms. The molecular formula is C14H18N6O2. The highest BCUT2D eigenvalue weighted by Crippen LogP contribution is 2.29. The van der Waals surface area contributed by atoms with Crippen molar-refractivity contribution in [2.45, 2.75) is 19.9 Å². The van der Waals surface area contributed by atoms with E-state index in [2.05, 4.69) is 16.7 Å². The predicted octanol–water partition coefficient (Wildman–Crippen LogP) is 0.377. The summed E-state index contributed by atoms with van der Waals surface area (Å²) in [4.78, 5) is 29.1. The van der Waals surface area contributed by atoms with Crippen molar-refractivity contribution in [1.82, 2.24) is 18.7 Å². The molecule has 0 fully saturated rings.